The van der Waals surface area contributed by atoms with Crippen LogP contribution in [0.25, 0.3) is 0 Å². The van der Waals surface area contributed by atoms with Crippen LogP contribution in [0.2, 0.25) is 0 Å². The fraction of sp³-hybridized carbons (Fsp3) is 0.529. The van der Waals surface area contributed by atoms with Gasteiger partial charge in [0, 0.05) is 19.2 Å². The summed E-state index contributed by atoms with van der Waals surface area (Å²) in [4.78, 5) is 26.0. The summed E-state index contributed by atoms with van der Waals surface area (Å²) in [5.74, 6) is 1.32. The molecule has 1 aromatic carbocycles. The number of carbonyl (C=O) groups excluding carboxylic acids is 2. The highest BCUT2D eigenvalue weighted by molar-refractivity contribution is 6.04. The van der Waals surface area contributed by atoms with Crippen LogP contribution in [0.4, 0.5) is 5.69 Å². The Kier molecular flexibility index (Phi) is 5.84. The number of hydrogen-bond acceptors (Lipinski definition) is 4. The lowest BCUT2D eigenvalue weighted by Crippen LogP contribution is -2.39. The first-order chi connectivity index (χ1) is 11.0. The van der Waals surface area contributed by atoms with Crippen molar-refractivity contribution in [3.05, 3.63) is 18.2 Å². The molecule has 0 unspecified atom stereocenters. The molecule has 0 aliphatic carbocycles. The summed E-state index contributed by atoms with van der Waals surface area (Å²) in [5, 5.41) is 2.72. The maximum absolute atomic E-state index is 12.2. The van der Waals surface area contributed by atoms with Gasteiger partial charge < -0.3 is 19.7 Å². The molecule has 126 valence electrons. The monoisotopic (exact) mass is 320 g/mol. The first-order valence-electron chi connectivity index (χ1n) is 7.83. The van der Waals surface area contributed by atoms with Crippen LogP contribution in [0, 0.1) is 5.92 Å². The van der Waals surface area contributed by atoms with Crippen molar-refractivity contribution in [2.75, 3.05) is 32.6 Å². The Morgan fingerprint density at radius 2 is 1.91 bits per heavy atom. The summed E-state index contributed by atoms with van der Waals surface area (Å²) in [5.41, 5.74) is 0.526. The molecular weight excluding hydrogens is 296 g/mol. The zero-order valence-corrected chi connectivity index (χ0v) is 13.9. The Morgan fingerprint density at radius 1 is 1.22 bits per heavy atom. The van der Waals surface area contributed by atoms with E-state index < -0.39 is 0 Å². The minimum Gasteiger partial charge on any atom is -0.497 e. The second-order valence-corrected chi connectivity index (χ2v) is 5.85. The molecule has 23 heavy (non-hydrogen) atoms. The lowest BCUT2D eigenvalue weighted by Gasteiger charge is -2.30. The molecule has 1 N–H and O–H groups in total. The van der Waals surface area contributed by atoms with Crippen molar-refractivity contribution in [2.45, 2.75) is 26.2 Å². The number of likely N-dealkylation sites (tertiary alicyclic amines) is 1. The van der Waals surface area contributed by atoms with Crippen LogP contribution in [-0.4, -0.2) is 44.0 Å². The molecule has 0 saturated carbocycles. The molecule has 0 radical (unpaired) electrons. The Hall–Kier alpha value is -2.24. The summed E-state index contributed by atoms with van der Waals surface area (Å²) in [6.07, 6.45) is 1.85. The largest absolute Gasteiger partial charge is 0.497 e. The summed E-state index contributed by atoms with van der Waals surface area (Å²) < 4.78 is 10.3. The average molecular weight is 320 g/mol. The van der Waals surface area contributed by atoms with Crippen molar-refractivity contribution >= 4 is 17.5 Å². The van der Waals surface area contributed by atoms with Crippen molar-refractivity contribution in [3.63, 3.8) is 0 Å². The van der Waals surface area contributed by atoms with Crippen LogP contribution in [0.15, 0.2) is 18.2 Å². The number of anilines is 1. The van der Waals surface area contributed by atoms with E-state index in [0.29, 0.717) is 23.1 Å². The Balaban J connectivity index is 1.93. The van der Waals surface area contributed by atoms with E-state index in [4.69, 9.17) is 9.47 Å². The predicted octanol–water partition coefficient (Wildman–Crippen LogP) is 2.29. The molecule has 0 atom stereocenters. The molecular formula is C17H24N2O4. The summed E-state index contributed by atoms with van der Waals surface area (Å²) in [6, 6.07) is 5.11. The molecule has 6 heteroatoms. The first-order valence-corrected chi connectivity index (χ1v) is 7.83. The fourth-order valence-electron chi connectivity index (χ4n) is 2.60. The molecule has 2 amide bonds. The predicted molar refractivity (Wildman–Crippen MR) is 87.8 cm³/mol. The third kappa shape index (κ3) is 4.61. The van der Waals surface area contributed by atoms with Gasteiger partial charge in [-0.3, -0.25) is 9.59 Å². The molecule has 1 saturated heterocycles. The molecule has 0 aromatic heterocycles. The number of nitrogens with zero attached hydrogens (tertiary/aromatic N) is 1. The maximum Gasteiger partial charge on any atom is 0.233 e. The highest BCUT2D eigenvalue weighted by Crippen LogP contribution is 2.29. The summed E-state index contributed by atoms with van der Waals surface area (Å²) in [7, 11) is 3.08. The molecule has 1 fully saturated rings. The average Bonchev–Trinajstić information content (AvgIpc) is 2.55. The van der Waals surface area contributed by atoms with E-state index in [1.54, 1.807) is 30.2 Å². The first kappa shape index (κ1) is 17.1. The van der Waals surface area contributed by atoms with Gasteiger partial charge in [-0.25, -0.2) is 0 Å². The van der Waals surface area contributed by atoms with Gasteiger partial charge in [0.05, 0.1) is 19.9 Å². The fourth-order valence-corrected chi connectivity index (χ4v) is 2.60. The Labute approximate surface area is 136 Å². The van der Waals surface area contributed by atoms with Crippen molar-refractivity contribution in [3.8, 4) is 11.5 Å². The molecule has 6 nitrogen and oxygen atoms in total. The lowest BCUT2D eigenvalue weighted by atomic mass is 9.99. The normalized spacial score (nSPS) is 15.2. The van der Waals surface area contributed by atoms with Gasteiger partial charge in [-0.15, -0.1) is 0 Å². The van der Waals surface area contributed by atoms with Crippen molar-refractivity contribution < 1.29 is 19.1 Å². The van der Waals surface area contributed by atoms with E-state index in [2.05, 4.69) is 12.2 Å². The highest BCUT2D eigenvalue weighted by Gasteiger charge is 2.22. The molecule has 0 spiro atoms. The smallest absolute Gasteiger partial charge is 0.233 e. The molecule has 2 rings (SSSR count). The van der Waals surface area contributed by atoms with Crippen molar-refractivity contribution in [1.29, 1.82) is 0 Å². The second-order valence-electron chi connectivity index (χ2n) is 5.85. The lowest BCUT2D eigenvalue weighted by molar-refractivity contribution is -0.135. The molecule has 1 heterocycles. The highest BCUT2D eigenvalue weighted by atomic mass is 16.5. The number of nitrogens with one attached hydrogen (secondary N) is 1. The number of hydrogen-bond donors (Lipinski definition) is 1. The molecule has 1 aliphatic rings. The van der Waals surface area contributed by atoms with Gasteiger partial charge in [0.1, 0.15) is 17.9 Å². The zero-order chi connectivity index (χ0) is 16.8. The van der Waals surface area contributed by atoms with E-state index in [-0.39, 0.29) is 18.2 Å². The van der Waals surface area contributed by atoms with Crippen LogP contribution in [0.5, 0.6) is 11.5 Å². The Bertz CT molecular complexity index is 566. The third-order valence-electron chi connectivity index (χ3n) is 4.13. The summed E-state index contributed by atoms with van der Waals surface area (Å²) >= 11 is 0. The van der Waals surface area contributed by atoms with E-state index in [1.807, 2.05) is 0 Å². The number of methoxy groups -OCH3 is 2. The maximum atomic E-state index is 12.2. The van der Waals surface area contributed by atoms with E-state index >= 15 is 0 Å². The van der Waals surface area contributed by atoms with Crippen LogP contribution in [-0.2, 0) is 9.59 Å². The number of benzene rings is 1. The zero-order valence-electron chi connectivity index (χ0n) is 13.9. The van der Waals surface area contributed by atoms with Gasteiger partial charge in [-0.2, -0.15) is 0 Å². The third-order valence-corrected chi connectivity index (χ3v) is 4.13. The van der Waals surface area contributed by atoms with Gasteiger partial charge in [0.25, 0.3) is 0 Å². The van der Waals surface area contributed by atoms with Gasteiger partial charge in [0.2, 0.25) is 11.8 Å². The number of amides is 2. The van der Waals surface area contributed by atoms with Crippen molar-refractivity contribution in [2.24, 2.45) is 5.92 Å². The van der Waals surface area contributed by atoms with E-state index in [0.717, 1.165) is 25.9 Å². The minimum absolute atomic E-state index is 0.123. The van der Waals surface area contributed by atoms with Gasteiger partial charge in [-0.05, 0) is 30.9 Å². The van der Waals surface area contributed by atoms with Crippen molar-refractivity contribution in [1.82, 2.24) is 4.90 Å². The number of piperidine rings is 1. The van der Waals surface area contributed by atoms with Gasteiger partial charge >= 0.3 is 0 Å². The standard InChI is InChI=1S/C17H24N2O4/c1-12-6-8-19(9-7-12)17(21)11-16(20)18-14-5-4-13(22-2)10-15(14)23-3/h4-5,10,12H,6-9,11H2,1-3H3,(H,18,20). The topological polar surface area (TPSA) is 67.9 Å². The van der Waals surface area contributed by atoms with Crippen LogP contribution >= 0.6 is 0 Å². The summed E-state index contributed by atoms with van der Waals surface area (Å²) in [6.45, 7) is 3.66. The minimum atomic E-state index is -0.336. The molecule has 1 aliphatic heterocycles. The van der Waals surface area contributed by atoms with Crippen LogP contribution in [0.3, 0.4) is 0 Å². The van der Waals surface area contributed by atoms with E-state index in [9.17, 15) is 9.59 Å². The SMILES string of the molecule is COc1ccc(NC(=O)CC(=O)N2CCC(C)CC2)c(OC)c1. The quantitative estimate of drug-likeness (QED) is 0.845. The molecule has 1 aromatic rings. The van der Waals surface area contributed by atoms with Gasteiger partial charge in [-0.1, -0.05) is 6.92 Å². The number of rotatable bonds is 5. The van der Waals surface area contributed by atoms with Crippen LogP contribution in [0.1, 0.15) is 26.2 Å². The second kappa shape index (κ2) is 7.85. The van der Waals surface area contributed by atoms with E-state index in [1.165, 1.54) is 7.11 Å². The molecule has 0 bridgehead atoms. The number of carbonyl (C=O) groups is 2. The van der Waals surface area contributed by atoms with Crippen LogP contribution < -0.4 is 14.8 Å². The Morgan fingerprint density at radius 3 is 2.52 bits per heavy atom. The number of ether oxygens (including phenoxy) is 2. The van der Waals surface area contributed by atoms with Gasteiger partial charge in [0.15, 0.2) is 0 Å².